The van der Waals surface area contributed by atoms with Crippen molar-refractivity contribution in [2.24, 2.45) is 0 Å². The molecular formula is C49H34N2. The molecule has 0 atom stereocenters. The molecule has 0 aliphatic rings. The van der Waals surface area contributed by atoms with Gasteiger partial charge in [-0.25, -0.2) is 0 Å². The van der Waals surface area contributed by atoms with Gasteiger partial charge in [-0.1, -0.05) is 133 Å². The molecule has 0 fully saturated rings. The third-order valence-corrected chi connectivity index (χ3v) is 10.4. The summed E-state index contributed by atoms with van der Waals surface area (Å²) >= 11 is 0. The summed E-state index contributed by atoms with van der Waals surface area (Å²) in [6.45, 7) is 2.15. The van der Waals surface area contributed by atoms with Gasteiger partial charge in [-0.2, -0.15) is 0 Å². The van der Waals surface area contributed by atoms with Crippen LogP contribution in [0.1, 0.15) is 5.56 Å². The van der Waals surface area contributed by atoms with Crippen molar-refractivity contribution in [3.63, 3.8) is 0 Å². The smallest absolute Gasteiger partial charge is 0.0541 e. The molecular weight excluding hydrogens is 617 g/mol. The molecule has 51 heavy (non-hydrogen) atoms. The highest BCUT2D eigenvalue weighted by atomic mass is 15.0. The number of fused-ring (bicyclic) bond motifs is 6. The average Bonchev–Trinajstić information content (AvgIpc) is 3.70. The predicted octanol–water partition coefficient (Wildman–Crippen LogP) is 13.2. The maximum atomic E-state index is 2.40. The molecule has 10 rings (SSSR count). The van der Waals surface area contributed by atoms with Crippen LogP contribution in [0.4, 0.5) is 0 Å². The highest BCUT2D eigenvalue weighted by Crippen LogP contribution is 2.38. The zero-order valence-corrected chi connectivity index (χ0v) is 28.3. The summed E-state index contributed by atoms with van der Waals surface area (Å²) in [6, 6.07) is 68.6. The first kappa shape index (κ1) is 29.3. The SMILES string of the molecule is Cc1cccc(-c2ccc(-n3c4ccccc4c4cc(-c5ccc6c(c5)c5ccccc5n6-c5ccc(-c6ccccc6)cc5)ccc43)cc2)c1. The van der Waals surface area contributed by atoms with E-state index < -0.39 is 0 Å². The number of nitrogens with zero attached hydrogens (tertiary/aromatic N) is 2. The molecule has 0 bridgehead atoms. The van der Waals surface area contributed by atoms with Crippen molar-refractivity contribution in [2.75, 3.05) is 0 Å². The molecule has 240 valence electrons. The molecule has 0 radical (unpaired) electrons. The minimum atomic E-state index is 1.16. The average molecular weight is 651 g/mol. The van der Waals surface area contributed by atoms with Crippen LogP contribution in [-0.4, -0.2) is 9.13 Å². The maximum Gasteiger partial charge on any atom is 0.0541 e. The Labute approximate surface area is 297 Å². The molecule has 0 unspecified atom stereocenters. The van der Waals surface area contributed by atoms with Gasteiger partial charge in [-0.15, -0.1) is 0 Å². The van der Waals surface area contributed by atoms with E-state index in [1.54, 1.807) is 0 Å². The zero-order valence-electron chi connectivity index (χ0n) is 28.3. The van der Waals surface area contributed by atoms with Gasteiger partial charge in [0.15, 0.2) is 0 Å². The second-order valence-electron chi connectivity index (χ2n) is 13.5. The summed E-state index contributed by atoms with van der Waals surface area (Å²) in [5, 5.41) is 5.03. The number of aryl methyl sites for hydroxylation is 1. The minimum absolute atomic E-state index is 1.16. The lowest BCUT2D eigenvalue weighted by Crippen LogP contribution is -1.94. The highest BCUT2D eigenvalue weighted by Gasteiger charge is 2.16. The first-order chi connectivity index (χ1) is 25.2. The molecule has 2 heterocycles. The molecule has 0 saturated heterocycles. The molecule has 8 aromatic carbocycles. The van der Waals surface area contributed by atoms with E-state index in [1.165, 1.54) is 82.6 Å². The maximum absolute atomic E-state index is 2.40. The molecule has 0 aliphatic carbocycles. The lowest BCUT2D eigenvalue weighted by Gasteiger charge is -2.11. The molecule has 0 amide bonds. The van der Waals surface area contributed by atoms with Gasteiger partial charge in [-0.05, 0) is 101 Å². The van der Waals surface area contributed by atoms with Crippen LogP contribution >= 0.6 is 0 Å². The fraction of sp³-hybridized carbons (Fsp3) is 0.0204. The third-order valence-electron chi connectivity index (χ3n) is 10.4. The highest BCUT2D eigenvalue weighted by molar-refractivity contribution is 6.12. The monoisotopic (exact) mass is 650 g/mol. The van der Waals surface area contributed by atoms with Crippen LogP contribution in [0, 0.1) is 6.92 Å². The van der Waals surface area contributed by atoms with Gasteiger partial charge in [0.1, 0.15) is 0 Å². The van der Waals surface area contributed by atoms with Crippen LogP contribution in [0.25, 0.3) is 88.4 Å². The number of hydrogen-bond acceptors (Lipinski definition) is 0. The van der Waals surface area contributed by atoms with Gasteiger partial charge in [0, 0.05) is 32.9 Å². The normalized spacial score (nSPS) is 11.6. The Morgan fingerprint density at radius 2 is 0.667 bits per heavy atom. The van der Waals surface area contributed by atoms with E-state index in [0.29, 0.717) is 0 Å². The van der Waals surface area contributed by atoms with E-state index in [-0.39, 0.29) is 0 Å². The Hall–Kier alpha value is -6.64. The van der Waals surface area contributed by atoms with E-state index in [9.17, 15) is 0 Å². The van der Waals surface area contributed by atoms with E-state index in [2.05, 4.69) is 204 Å². The van der Waals surface area contributed by atoms with Crippen LogP contribution < -0.4 is 0 Å². The summed E-state index contributed by atoms with van der Waals surface area (Å²) in [7, 11) is 0. The van der Waals surface area contributed by atoms with E-state index in [0.717, 1.165) is 11.4 Å². The number of benzene rings is 8. The lowest BCUT2D eigenvalue weighted by atomic mass is 10.0. The molecule has 0 saturated carbocycles. The van der Waals surface area contributed by atoms with Crippen molar-refractivity contribution < 1.29 is 0 Å². The van der Waals surface area contributed by atoms with Gasteiger partial charge >= 0.3 is 0 Å². The van der Waals surface area contributed by atoms with Crippen LogP contribution in [-0.2, 0) is 0 Å². The fourth-order valence-corrected chi connectivity index (χ4v) is 7.92. The molecule has 0 spiro atoms. The van der Waals surface area contributed by atoms with Gasteiger partial charge in [0.2, 0.25) is 0 Å². The Bertz CT molecular complexity index is 2890. The first-order valence-corrected chi connectivity index (χ1v) is 17.6. The summed E-state index contributed by atoms with van der Waals surface area (Å²) in [4.78, 5) is 0. The molecule has 2 aromatic heterocycles. The van der Waals surface area contributed by atoms with E-state index >= 15 is 0 Å². The Kier molecular flexibility index (Phi) is 6.75. The van der Waals surface area contributed by atoms with Crippen molar-refractivity contribution in [1.29, 1.82) is 0 Å². The van der Waals surface area contributed by atoms with Crippen LogP contribution in [0.3, 0.4) is 0 Å². The minimum Gasteiger partial charge on any atom is -0.309 e. The van der Waals surface area contributed by atoms with Crippen LogP contribution in [0.15, 0.2) is 188 Å². The lowest BCUT2D eigenvalue weighted by molar-refractivity contribution is 1.18. The van der Waals surface area contributed by atoms with Crippen molar-refractivity contribution in [3.8, 4) is 44.8 Å². The number of hydrogen-bond donors (Lipinski definition) is 0. The standard InChI is InChI=1S/C49H34N2/c1-33-10-9-13-37(30-33)36-20-26-41(27-21-36)51-47-17-8-6-15-43(47)45-32-39(23-29-49(45)51)38-22-28-48-44(31-38)42-14-5-7-16-46(42)50(48)40-24-18-35(19-25-40)34-11-3-2-4-12-34/h2-32H,1H3. The van der Waals surface area contributed by atoms with Gasteiger partial charge in [-0.3, -0.25) is 0 Å². The molecule has 0 aliphatic heterocycles. The fourth-order valence-electron chi connectivity index (χ4n) is 7.92. The number of rotatable bonds is 5. The van der Waals surface area contributed by atoms with Gasteiger partial charge in [0.05, 0.1) is 22.1 Å². The predicted molar refractivity (Wildman–Crippen MR) is 216 cm³/mol. The second-order valence-corrected chi connectivity index (χ2v) is 13.5. The quantitative estimate of drug-likeness (QED) is 0.175. The summed E-state index contributed by atoms with van der Waals surface area (Å²) in [5.74, 6) is 0. The Morgan fingerprint density at radius 1 is 0.275 bits per heavy atom. The number of para-hydroxylation sites is 2. The summed E-state index contributed by atoms with van der Waals surface area (Å²) in [5.41, 5.74) is 15.8. The molecule has 10 aromatic rings. The van der Waals surface area contributed by atoms with Crippen molar-refractivity contribution >= 4 is 43.6 Å². The first-order valence-electron chi connectivity index (χ1n) is 17.6. The van der Waals surface area contributed by atoms with Gasteiger partial charge < -0.3 is 9.13 Å². The zero-order chi connectivity index (χ0) is 33.9. The third kappa shape index (κ3) is 4.87. The van der Waals surface area contributed by atoms with Crippen LogP contribution in [0.2, 0.25) is 0 Å². The Balaban J connectivity index is 1.07. The molecule has 0 N–H and O–H groups in total. The van der Waals surface area contributed by atoms with E-state index in [1.807, 2.05) is 0 Å². The van der Waals surface area contributed by atoms with Gasteiger partial charge in [0.25, 0.3) is 0 Å². The van der Waals surface area contributed by atoms with Crippen molar-refractivity contribution in [1.82, 2.24) is 9.13 Å². The Morgan fingerprint density at radius 3 is 1.20 bits per heavy atom. The summed E-state index contributed by atoms with van der Waals surface area (Å²) < 4.78 is 4.79. The van der Waals surface area contributed by atoms with Crippen LogP contribution in [0.5, 0.6) is 0 Å². The number of aromatic nitrogens is 2. The van der Waals surface area contributed by atoms with E-state index in [4.69, 9.17) is 0 Å². The molecule has 2 heteroatoms. The summed E-state index contributed by atoms with van der Waals surface area (Å²) in [6.07, 6.45) is 0. The topological polar surface area (TPSA) is 9.86 Å². The molecule has 2 nitrogen and oxygen atoms in total. The van der Waals surface area contributed by atoms with Crippen molar-refractivity contribution in [2.45, 2.75) is 6.92 Å². The van der Waals surface area contributed by atoms with Crippen molar-refractivity contribution in [3.05, 3.63) is 194 Å². The largest absolute Gasteiger partial charge is 0.309 e. The second kappa shape index (κ2) is 11.8.